The summed E-state index contributed by atoms with van der Waals surface area (Å²) in [5, 5.41) is 26.3. The molecule has 0 spiro atoms. The van der Waals surface area contributed by atoms with E-state index in [2.05, 4.69) is 10.6 Å². The van der Waals surface area contributed by atoms with E-state index in [-0.39, 0.29) is 55.6 Å². The van der Waals surface area contributed by atoms with Crippen molar-refractivity contribution < 1.29 is 82.9 Å². The number of carboxylic acid groups (broad SMARTS) is 1. The zero-order valence-corrected chi connectivity index (χ0v) is 21.8. The monoisotopic (exact) mass is 521 g/mol. The van der Waals surface area contributed by atoms with Crippen molar-refractivity contribution in [1.29, 1.82) is 0 Å². The fraction of sp³-hybridized carbons (Fsp3) is 0.632. The molecule has 6 amide bonds. The topological polar surface area (TPSA) is 215 Å². The SMILES string of the molecule is CCN1CCN(C(=O)N[C@@H](C(=O)N[C@H]2CON(C3(C(=O)[O-])CCC(=O)O3)C2=O)[C@H](C)O)C(=O)C1=O.[Na+]. The third-order valence-corrected chi connectivity index (χ3v) is 5.76. The average Bonchev–Trinajstić information content (AvgIpc) is 3.36. The van der Waals surface area contributed by atoms with E-state index in [1.54, 1.807) is 6.92 Å². The molecule has 3 N–H and O–H groups in total. The smallest absolute Gasteiger partial charge is 0.544 e. The number of hydrogen-bond acceptors (Lipinski definition) is 11. The zero-order chi connectivity index (χ0) is 26.1. The van der Waals surface area contributed by atoms with Gasteiger partial charge in [-0.05, 0) is 13.8 Å². The predicted octanol–water partition coefficient (Wildman–Crippen LogP) is -7.82. The summed E-state index contributed by atoms with van der Waals surface area (Å²) in [5.41, 5.74) is -2.49. The van der Waals surface area contributed by atoms with Gasteiger partial charge in [0.15, 0.2) is 0 Å². The van der Waals surface area contributed by atoms with Gasteiger partial charge in [-0.25, -0.2) is 4.79 Å². The molecule has 0 aromatic carbocycles. The molecule has 3 saturated heterocycles. The van der Waals surface area contributed by atoms with Crippen LogP contribution >= 0.6 is 0 Å². The van der Waals surface area contributed by atoms with Crippen molar-refractivity contribution in [2.24, 2.45) is 0 Å². The molecule has 1 unspecified atom stereocenters. The third-order valence-electron chi connectivity index (χ3n) is 5.76. The first-order valence-corrected chi connectivity index (χ1v) is 10.7. The number of aliphatic hydroxyl groups excluding tert-OH is 1. The second-order valence-electron chi connectivity index (χ2n) is 8.04. The number of carbonyl (C=O) groups excluding carboxylic acids is 7. The van der Waals surface area contributed by atoms with E-state index in [1.165, 1.54) is 4.90 Å². The first kappa shape index (κ1) is 29.4. The van der Waals surface area contributed by atoms with Crippen LogP contribution in [0.4, 0.5) is 4.79 Å². The molecule has 0 bridgehead atoms. The number of hydroxylamine groups is 2. The number of piperazine rings is 1. The Morgan fingerprint density at radius 1 is 1.19 bits per heavy atom. The van der Waals surface area contributed by atoms with E-state index in [9.17, 15) is 43.8 Å². The van der Waals surface area contributed by atoms with Gasteiger partial charge >= 0.3 is 53.4 Å². The molecule has 16 nitrogen and oxygen atoms in total. The van der Waals surface area contributed by atoms with Crippen LogP contribution in [0.3, 0.4) is 0 Å². The summed E-state index contributed by atoms with van der Waals surface area (Å²) in [5.74, 6) is -6.90. The first-order valence-electron chi connectivity index (χ1n) is 10.7. The first-order chi connectivity index (χ1) is 16.4. The zero-order valence-electron chi connectivity index (χ0n) is 19.8. The number of rotatable bonds is 7. The van der Waals surface area contributed by atoms with E-state index in [0.29, 0.717) is 9.96 Å². The molecular weight excluding hydrogens is 497 g/mol. The van der Waals surface area contributed by atoms with Gasteiger partial charge in [0, 0.05) is 26.1 Å². The molecule has 0 aromatic rings. The Morgan fingerprint density at radius 2 is 1.86 bits per heavy atom. The Hall–Kier alpha value is -2.79. The Labute approximate surface area is 226 Å². The molecule has 192 valence electrons. The maximum atomic E-state index is 12.7. The summed E-state index contributed by atoms with van der Waals surface area (Å²) in [7, 11) is 0. The van der Waals surface area contributed by atoms with Crippen LogP contribution in [-0.4, -0.2) is 112 Å². The van der Waals surface area contributed by atoms with Crippen LogP contribution in [0.2, 0.25) is 0 Å². The largest absolute Gasteiger partial charge is 1.00 e. The number of hydrogen-bond donors (Lipinski definition) is 3. The Kier molecular flexibility index (Phi) is 9.41. The number of nitrogens with zero attached hydrogens (tertiary/aromatic N) is 3. The third kappa shape index (κ3) is 5.46. The number of esters is 1. The van der Waals surface area contributed by atoms with Crippen LogP contribution < -0.4 is 45.3 Å². The van der Waals surface area contributed by atoms with Crippen LogP contribution in [0.1, 0.15) is 26.7 Å². The van der Waals surface area contributed by atoms with Crippen molar-refractivity contribution in [1.82, 2.24) is 25.5 Å². The molecule has 3 fully saturated rings. The number of likely N-dealkylation sites (N-methyl/N-ethyl adjacent to an activating group) is 1. The molecule has 0 aliphatic carbocycles. The molecule has 0 aromatic heterocycles. The second kappa shape index (κ2) is 11.5. The summed E-state index contributed by atoms with van der Waals surface area (Å²) in [6.45, 7) is 2.51. The molecule has 3 aliphatic heterocycles. The number of carboxylic acids is 1. The van der Waals surface area contributed by atoms with Gasteiger partial charge in [-0.1, -0.05) is 0 Å². The van der Waals surface area contributed by atoms with Crippen LogP contribution in [-0.2, 0) is 38.3 Å². The van der Waals surface area contributed by atoms with Gasteiger partial charge in [0.1, 0.15) is 24.7 Å². The normalized spacial score (nSPS) is 25.8. The maximum absolute atomic E-state index is 12.7. The van der Waals surface area contributed by atoms with Gasteiger partial charge in [-0.3, -0.25) is 33.7 Å². The van der Waals surface area contributed by atoms with Crippen LogP contribution in [0.15, 0.2) is 0 Å². The molecule has 3 heterocycles. The molecule has 0 radical (unpaired) electrons. The number of amides is 6. The minimum absolute atomic E-state index is 0. The number of carbonyl (C=O) groups is 7. The number of nitrogens with one attached hydrogen (secondary N) is 2. The van der Waals surface area contributed by atoms with Gasteiger partial charge in [-0.15, -0.1) is 0 Å². The molecule has 17 heteroatoms. The predicted molar refractivity (Wildman–Crippen MR) is 106 cm³/mol. The van der Waals surface area contributed by atoms with E-state index in [0.717, 1.165) is 6.92 Å². The Morgan fingerprint density at radius 3 is 2.39 bits per heavy atom. The Bertz CT molecular complexity index is 975. The summed E-state index contributed by atoms with van der Waals surface area (Å²) in [6, 6.07) is -4.21. The molecular formula is C19H24N5NaO11. The number of cyclic esters (lactones) is 1. The number of aliphatic hydroxyl groups is 1. The van der Waals surface area contributed by atoms with Gasteiger partial charge in [-0.2, -0.15) is 5.06 Å². The van der Waals surface area contributed by atoms with E-state index in [1.807, 2.05) is 0 Å². The van der Waals surface area contributed by atoms with E-state index < -0.39 is 78.5 Å². The standard InChI is InChI=1S/C19H25N5O11.Na/c1-3-22-6-7-23(16(30)15(22)29)18(33)21-12(9(2)25)13(27)20-10-8-34-24(14(10)28)19(17(31)32)5-4-11(26)35-19;/h9-10,12,25H,3-8H2,1-2H3,(H,20,27)(H,21,33)(H,31,32);/q;+1/p-1/t9-,10-,12+,19?;/m0./s1. The van der Waals surface area contributed by atoms with Crippen LogP contribution in [0, 0.1) is 0 Å². The van der Waals surface area contributed by atoms with Crippen molar-refractivity contribution in [3.8, 4) is 0 Å². The van der Waals surface area contributed by atoms with E-state index >= 15 is 0 Å². The quantitative estimate of drug-likeness (QED) is 0.162. The molecule has 4 atom stereocenters. The number of urea groups is 1. The molecule has 36 heavy (non-hydrogen) atoms. The van der Waals surface area contributed by atoms with Gasteiger partial charge < -0.3 is 35.3 Å². The summed E-state index contributed by atoms with van der Waals surface area (Å²) < 4.78 is 4.76. The van der Waals surface area contributed by atoms with Crippen molar-refractivity contribution in [3.05, 3.63) is 0 Å². The number of ether oxygens (including phenoxy) is 1. The summed E-state index contributed by atoms with van der Waals surface area (Å²) in [6.07, 6.45) is -2.23. The van der Waals surface area contributed by atoms with Crippen molar-refractivity contribution >= 4 is 41.6 Å². The molecule has 3 aliphatic rings. The minimum Gasteiger partial charge on any atom is -0.544 e. The van der Waals surface area contributed by atoms with Crippen LogP contribution in [0.5, 0.6) is 0 Å². The van der Waals surface area contributed by atoms with Gasteiger partial charge in [0.25, 0.3) is 11.6 Å². The number of aliphatic carboxylic acids is 1. The van der Waals surface area contributed by atoms with Gasteiger partial charge in [0.05, 0.1) is 12.5 Å². The molecule has 0 saturated carbocycles. The van der Waals surface area contributed by atoms with E-state index in [4.69, 9.17) is 9.57 Å². The average molecular weight is 521 g/mol. The van der Waals surface area contributed by atoms with Crippen LogP contribution in [0.25, 0.3) is 0 Å². The fourth-order valence-corrected chi connectivity index (χ4v) is 3.79. The second-order valence-corrected chi connectivity index (χ2v) is 8.04. The summed E-state index contributed by atoms with van der Waals surface area (Å²) >= 11 is 0. The fourth-order valence-electron chi connectivity index (χ4n) is 3.79. The summed E-state index contributed by atoms with van der Waals surface area (Å²) in [4.78, 5) is 92.2. The van der Waals surface area contributed by atoms with Gasteiger partial charge in [0.2, 0.25) is 5.91 Å². The maximum Gasteiger partial charge on any atom is 1.00 e. The minimum atomic E-state index is -2.49. The van der Waals surface area contributed by atoms with Crippen molar-refractivity contribution in [2.75, 3.05) is 26.2 Å². The number of imide groups is 1. The van der Waals surface area contributed by atoms with Crippen molar-refractivity contribution in [2.45, 2.75) is 50.6 Å². The molecule has 3 rings (SSSR count). The Balaban J connectivity index is 0.00000456. The van der Waals surface area contributed by atoms with Crippen molar-refractivity contribution in [3.63, 3.8) is 0 Å².